The number of imidazole rings is 1. The Kier molecular flexibility index (Phi) is 5.04. The van der Waals surface area contributed by atoms with Gasteiger partial charge in [-0.25, -0.2) is 14.8 Å². The van der Waals surface area contributed by atoms with E-state index in [0.717, 1.165) is 60.7 Å². The zero-order chi connectivity index (χ0) is 18.6. The van der Waals surface area contributed by atoms with Gasteiger partial charge in [0.15, 0.2) is 5.82 Å². The number of amides is 2. The van der Waals surface area contributed by atoms with E-state index >= 15 is 0 Å². The molecule has 0 spiro atoms. The van der Waals surface area contributed by atoms with E-state index in [2.05, 4.69) is 30.5 Å². The maximum absolute atomic E-state index is 12.5. The second kappa shape index (κ2) is 7.77. The fraction of sp³-hybridized carbons (Fsp3) is 0.474. The molecule has 1 aliphatic rings. The highest BCUT2D eigenvalue weighted by molar-refractivity contribution is 5.75. The Morgan fingerprint density at radius 2 is 2.22 bits per heavy atom. The lowest BCUT2D eigenvalue weighted by Crippen LogP contribution is -2.45. The third-order valence-corrected chi connectivity index (χ3v) is 4.99. The van der Waals surface area contributed by atoms with Gasteiger partial charge in [-0.1, -0.05) is 12.1 Å². The molecule has 3 N–H and O–H groups in total. The molecule has 3 aromatic rings. The normalized spacial score (nSPS) is 17.4. The van der Waals surface area contributed by atoms with Crippen molar-refractivity contribution in [2.75, 3.05) is 19.6 Å². The molecule has 27 heavy (non-hydrogen) atoms. The van der Waals surface area contributed by atoms with Gasteiger partial charge in [-0.2, -0.15) is 5.10 Å². The Balaban J connectivity index is 1.24. The quantitative estimate of drug-likeness (QED) is 0.603. The Bertz CT molecular complexity index is 883. The predicted molar refractivity (Wildman–Crippen MR) is 102 cm³/mol. The lowest BCUT2D eigenvalue weighted by atomic mass is 9.98. The number of aromatic nitrogens is 5. The summed E-state index contributed by atoms with van der Waals surface area (Å²) in [7, 11) is 0. The maximum atomic E-state index is 12.5. The summed E-state index contributed by atoms with van der Waals surface area (Å²) in [5.74, 6) is 2.81. The lowest BCUT2D eigenvalue weighted by molar-refractivity contribution is 0.178. The molecule has 3 heterocycles. The van der Waals surface area contributed by atoms with Crippen molar-refractivity contribution < 1.29 is 4.79 Å². The molecule has 4 rings (SSSR count). The van der Waals surface area contributed by atoms with Crippen LogP contribution in [0.4, 0.5) is 4.79 Å². The number of nitrogens with zero attached hydrogens (tertiary/aromatic N) is 4. The van der Waals surface area contributed by atoms with Gasteiger partial charge < -0.3 is 15.2 Å². The van der Waals surface area contributed by atoms with E-state index in [1.165, 1.54) is 0 Å². The highest BCUT2D eigenvalue weighted by atomic mass is 16.2. The molecule has 8 heteroatoms. The fourth-order valence-electron chi connectivity index (χ4n) is 3.60. The van der Waals surface area contributed by atoms with Gasteiger partial charge in [-0.3, -0.25) is 5.10 Å². The molecule has 2 amide bonds. The number of carbonyl (C=O) groups excluding carboxylic acids is 1. The van der Waals surface area contributed by atoms with Crippen molar-refractivity contribution in [2.24, 2.45) is 0 Å². The maximum Gasteiger partial charge on any atom is 0.317 e. The van der Waals surface area contributed by atoms with Crippen LogP contribution >= 0.6 is 0 Å². The van der Waals surface area contributed by atoms with Crippen molar-refractivity contribution in [3.05, 3.63) is 41.7 Å². The molecule has 1 aromatic carbocycles. The van der Waals surface area contributed by atoms with E-state index in [9.17, 15) is 4.79 Å². The molecule has 0 aliphatic carbocycles. The van der Waals surface area contributed by atoms with Crippen LogP contribution in [0.25, 0.3) is 11.0 Å². The van der Waals surface area contributed by atoms with Crippen LogP contribution in [0.5, 0.6) is 0 Å². The molecule has 142 valence electrons. The summed E-state index contributed by atoms with van der Waals surface area (Å²) in [6.07, 6.45) is 3.66. The van der Waals surface area contributed by atoms with Crippen molar-refractivity contribution in [1.82, 2.24) is 35.4 Å². The third-order valence-electron chi connectivity index (χ3n) is 4.99. The van der Waals surface area contributed by atoms with Gasteiger partial charge in [0, 0.05) is 32.0 Å². The molecular weight excluding hydrogens is 342 g/mol. The summed E-state index contributed by atoms with van der Waals surface area (Å²) < 4.78 is 0. The number of hydrogen-bond acceptors (Lipinski definition) is 4. The number of H-pyrrole nitrogens is 2. The van der Waals surface area contributed by atoms with E-state index in [-0.39, 0.29) is 11.9 Å². The van der Waals surface area contributed by atoms with Gasteiger partial charge in [0.1, 0.15) is 11.6 Å². The Labute approximate surface area is 157 Å². The van der Waals surface area contributed by atoms with Gasteiger partial charge in [0.2, 0.25) is 0 Å². The zero-order valence-corrected chi connectivity index (χ0v) is 15.5. The Morgan fingerprint density at radius 3 is 3.04 bits per heavy atom. The predicted octanol–water partition coefficient (Wildman–Crippen LogP) is 2.51. The Morgan fingerprint density at radius 1 is 1.33 bits per heavy atom. The summed E-state index contributed by atoms with van der Waals surface area (Å²) in [6.45, 7) is 3.99. The van der Waals surface area contributed by atoms with E-state index in [4.69, 9.17) is 0 Å². The fourth-order valence-corrected chi connectivity index (χ4v) is 3.60. The minimum atomic E-state index is -0.00318. The standard InChI is InChI=1S/C19H25N7O/c1-13-21-18(25-24-13)14-6-5-11-26(12-14)19(27)20-10-4-9-17-22-15-7-2-3-8-16(15)23-17/h2-3,7-8,14H,4-6,9-12H2,1H3,(H,20,27)(H,22,23)(H,21,24,25)/t14-/m1/s1. The van der Waals surface area contributed by atoms with Crippen LogP contribution in [0.2, 0.25) is 0 Å². The summed E-state index contributed by atoms with van der Waals surface area (Å²) in [6, 6.07) is 8.00. The molecule has 1 aliphatic heterocycles. The van der Waals surface area contributed by atoms with E-state index in [0.29, 0.717) is 13.1 Å². The minimum Gasteiger partial charge on any atom is -0.342 e. The van der Waals surface area contributed by atoms with Crippen LogP contribution in [-0.4, -0.2) is 55.7 Å². The molecule has 1 fully saturated rings. The first-order chi connectivity index (χ1) is 13.2. The molecule has 1 atom stereocenters. The summed E-state index contributed by atoms with van der Waals surface area (Å²) in [5, 5.41) is 10.2. The van der Waals surface area contributed by atoms with Crippen molar-refractivity contribution in [3.63, 3.8) is 0 Å². The molecule has 0 radical (unpaired) electrons. The summed E-state index contributed by atoms with van der Waals surface area (Å²) in [5.41, 5.74) is 2.04. The van der Waals surface area contributed by atoms with Gasteiger partial charge in [-0.05, 0) is 38.3 Å². The van der Waals surface area contributed by atoms with Gasteiger partial charge in [0.05, 0.1) is 11.0 Å². The van der Waals surface area contributed by atoms with Crippen LogP contribution in [0.1, 0.15) is 42.7 Å². The van der Waals surface area contributed by atoms with Crippen molar-refractivity contribution in [3.8, 4) is 0 Å². The summed E-state index contributed by atoms with van der Waals surface area (Å²) in [4.78, 5) is 26.7. The molecule has 0 unspecified atom stereocenters. The highest BCUT2D eigenvalue weighted by Gasteiger charge is 2.26. The molecular formula is C19H25N7O. The number of para-hydroxylation sites is 2. The Hall–Kier alpha value is -2.90. The lowest BCUT2D eigenvalue weighted by Gasteiger charge is -2.31. The number of aromatic amines is 2. The number of piperidine rings is 1. The minimum absolute atomic E-state index is 0.00318. The smallest absolute Gasteiger partial charge is 0.317 e. The summed E-state index contributed by atoms with van der Waals surface area (Å²) >= 11 is 0. The van der Waals surface area contributed by atoms with E-state index < -0.39 is 0 Å². The van der Waals surface area contributed by atoms with Crippen molar-refractivity contribution >= 4 is 17.1 Å². The number of benzene rings is 1. The second-order valence-corrected chi connectivity index (χ2v) is 7.10. The molecule has 8 nitrogen and oxygen atoms in total. The number of nitrogens with one attached hydrogen (secondary N) is 3. The number of carbonyl (C=O) groups is 1. The van der Waals surface area contributed by atoms with Crippen LogP contribution in [0.3, 0.4) is 0 Å². The van der Waals surface area contributed by atoms with Crippen LogP contribution in [-0.2, 0) is 6.42 Å². The molecule has 2 aromatic heterocycles. The average Bonchev–Trinajstić information content (AvgIpc) is 3.31. The van der Waals surface area contributed by atoms with Gasteiger partial charge >= 0.3 is 6.03 Å². The zero-order valence-electron chi connectivity index (χ0n) is 15.5. The largest absolute Gasteiger partial charge is 0.342 e. The van der Waals surface area contributed by atoms with Crippen LogP contribution < -0.4 is 5.32 Å². The van der Waals surface area contributed by atoms with E-state index in [1.54, 1.807) is 0 Å². The monoisotopic (exact) mass is 367 g/mol. The first-order valence-electron chi connectivity index (χ1n) is 9.54. The SMILES string of the molecule is Cc1nc([C@@H]2CCCN(C(=O)NCCCc3nc4ccccc4[nH]3)C2)n[nH]1. The number of rotatable bonds is 5. The van der Waals surface area contributed by atoms with Gasteiger partial charge in [0.25, 0.3) is 0 Å². The number of urea groups is 1. The van der Waals surface area contributed by atoms with Crippen molar-refractivity contribution in [1.29, 1.82) is 0 Å². The molecule has 0 saturated carbocycles. The second-order valence-electron chi connectivity index (χ2n) is 7.10. The van der Waals surface area contributed by atoms with Crippen molar-refractivity contribution in [2.45, 2.75) is 38.5 Å². The number of likely N-dealkylation sites (tertiary alicyclic amines) is 1. The number of hydrogen-bond donors (Lipinski definition) is 3. The highest BCUT2D eigenvalue weighted by Crippen LogP contribution is 2.24. The third kappa shape index (κ3) is 4.10. The first-order valence-corrected chi connectivity index (χ1v) is 9.54. The van der Waals surface area contributed by atoms with Crippen LogP contribution in [0, 0.1) is 6.92 Å². The molecule has 1 saturated heterocycles. The van der Waals surface area contributed by atoms with Gasteiger partial charge in [-0.15, -0.1) is 0 Å². The average molecular weight is 367 g/mol. The van der Waals surface area contributed by atoms with Crippen LogP contribution in [0.15, 0.2) is 24.3 Å². The molecule has 0 bridgehead atoms. The number of fused-ring (bicyclic) bond motifs is 1. The number of aryl methyl sites for hydroxylation is 2. The first kappa shape index (κ1) is 17.5. The van der Waals surface area contributed by atoms with E-state index in [1.807, 2.05) is 36.1 Å². The topological polar surface area (TPSA) is 103 Å².